The van der Waals surface area contributed by atoms with E-state index in [0.717, 1.165) is 17.5 Å². The summed E-state index contributed by atoms with van der Waals surface area (Å²) in [5.41, 5.74) is 2.99. The summed E-state index contributed by atoms with van der Waals surface area (Å²) >= 11 is 9.12. The molecule has 1 rings (SSSR count). The van der Waals surface area contributed by atoms with Crippen molar-refractivity contribution in [2.24, 2.45) is 0 Å². The minimum atomic E-state index is -0.145. The third-order valence-electron chi connectivity index (χ3n) is 2.38. The van der Waals surface area contributed by atoms with Crippen LogP contribution in [0.5, 0.6) is 0 Å². The molecule has 1 nitrogen and oxygen atoms in total. The van der Waals surface area contributed by atoms with Gasteiger partial charge in [0.1, 0.15) is 0 Å². The largest absolute Gasteiger partial charge is 0.293 e. The zero-order valence-electron chi connectivity index (χ0n) is 8.89. The van der Waals surface area contributed by atoms with E-state index in [4.69, 9.17) is 11.6 Å². The summed E-state index contributed by atoms with van der Waals surface area (Å²) in [5.74, 6) is 0.560. The van der Waals surface area contributed by atoms with Crippen molar-refractivity contribution in [3.8, 4) is 0 Å². The smallest absolute Gasteiger partial charge is 0.176 e. The van der Waals surface area contributed by atoms with Gasteiger partial charge in [-0.1, -0.05) is 35.0 Å². The number of hydrogen-bond acceptors (Lipinski definition) is 1. The highest BCUT2D eigenvalue weighted by atomic mass is 79.9. The first-order valence-electron chi connectivity index (χ1n) is 4.96. The number of Topliss-reactive ketones (excluding diaryl/α,β-unsaturated/α-hetero) is 1. The summed E-state index contributed by atoms with van der Waals surface area (Å²) < 4.78 is 0. The number of alkyl halides is 2. The quantitative estimate of drug-likeness (QED) is 0.606. The molecular formula is C12H14BrClO. The van der Waals surface area contributed by atoms with E-state index in [0.29, 0.717) is 5.88 Å². The number of halogens is 2. The fourth-order valence-electron chi connectivity index (χ4n) is 1.48. The van der Waals surface area contributed by atoms with E-state index in [2.05, 4.69) is 22.9 Å². The van der Waals surface area contributed by atoms with Crippen LogP contribution in [0.3, 0.4) is 0 Å². The van der Waals surface area contributed by atoms with E-state index < -0.39 is 0 Å². The van der Waals surface area contributed by atoms with Gasteiger partial charge in [0.2, 0.25) is 0 Å². The molecule has 0 N–H and O–H groups in total. The number of aryl methyl sites for hydroxylation is 1. The molecule has 0 aliphatic heterocycles. The Hall–Kier alpha value is -0.340. The van der Waals surface area contributed by atoms with Crippen LogP contribution in [0.4, 0.5) is 0 Å². The molecule has 0 radical (unpaired) electrons. The number of ketones is 1. The van der Waals surface area contributed by atoms with Crippen LogP contribution >= 0.6 is 27.5 Å². The van der Waals surface area contributed by atoms with Crippen molar-refractivity contribution in [3.63, 3.8) is 0 Å². The summed E-state index contributed by atoms with van der Waals surface area (Å²) in [7, 11) is 0. The van der Waals surface area contributed by atoms with E-state index >= 15 is 0 Å². The van der Waals surface area contributed by atoms with Crippen LogP contribution in [-0.4, -0.2) is 10.6 Å². The average Bonchev–Trinajstić information content (AvgIpc) is 2.26. The van der Waals surface area contributed by atoms with E-state index in [9.17, 15) is 4.79 Å². The second-order valence-corrected chi connectivity index (χ2v) is 5.09. The molecule has 0 aliphatic rings. The van der Waals surface area contributed by atoms with Crippen molar-refractivity contribution in [1.29, 1.82) is 0 Å². The zero-order valence-corrected chi connectivity index (χ0v) is 11.2. The number of benzene rings is 1. The van der Waals surface area contributed by atoms with Gasteiger partial charge in [-0.2, -0.15) is 0 Å². The molecule has 0 bridgehead atoms. The van der Waals surface area contributed by atoms with Gasteiger partial charge < -0.3 is 0 Å². The monoisotopic (exact) mass is 288 g/mol. The van der Waals surface area contributed by atoms with Crippen LogP contribution in [-0.2, 0) is 12.3 Å². The summed E-state index contributed by atoms with van der Waals surface area (Å²) in [5, 5.41) is 0. The van der Waals surface area contributed by atoms with Gasteiger partial charge in [0.25, 0.3) is 0 Å². The number of hydrogen-bond donors (Lipinski definition) is 0. The Balaban J connectivity index is 3.08. The van der Waals surface area contributed by atoms with E-state index in [1.165, 1.54) is 5.56 Å². The fraction of sp³-hybridized carbons (Fsp3) is 0.417. The van der Waals surface area contributed by atoms with Crippen molar-refractivity contribution in [2.75, 3.05) is 0 Å². The molecule has 0 aliphatic carbocycles. The molecule has 1 atom stereocenters. The SMILES string of the molecule is CCc1ccc(C(=O)C(C)Br)cc1CCl. The molecular weight excluding hydrogens is 275 g/mol. The van der Waals surface area contributed by atoms with Crippen molar-refractivity contribution < 1.29 is 4.79 Å². The fourth-order valence-corrected chi connectivity index (χ4v) is 1.99. The topological polar surface area (TPSA) is 17.1 Å². The summed E-state index contributed by atoms with van der Waals surface area (Å²) in [6.07, 6.45) is 0.945. The lowest BCUT2D eigenvalue weighted by molar-refractivity contribution is 0.0996. The maximum absolute atomic E-state index is 11.7. The van der Waals surface area contributed by atoms with Crippen molar-refractivity contribution in [2.45, 2.75) is 31.0 Å². The number of carbonyl (C=O) groups is 1. The second-order valence-electron chi connectivity index (χ2n) is 3.45. The van der Waals surface area contributed by atoms with Crippen LogP contribution in [0, 0.1) is 0 Å². The minimum absolute atomic E-state index is 0.101. The predicted molar refractivity (Wildman–Crippen MR) is 68.1 cm³/mol. The highest BCUT2D eigenvalue weighted by Gasteiger charge is 2.13. The van der Waals surface area contributed by atoms with Crippen LogP contribution < -0.4 is 0 Å². The molecule has 15 heavy (non-hydrogen) atoms. The first-order chi connectivity index (χ1) is 7.10. The molecule has 1 aromatic carbocycles. The van der Waals surface area contributed by atoms with Crippen LogP contribution in [0.25, 0.3) is 0 Å². The van der Waals surface area contributed by atoms with E-state index in [1.54, 1.807) is 0 Å². The third kappa shape index (κ3) is 3.05. The minimum Gasteiger partial charge on any atom is -0.293 e. The molecule has 1 unspecified atom stereocenters. The Labute approximate surface area is 104 Å². The van der Waals surface area contributed by atoms with Crippen LogP contribution in [0.15, 0.2) is 18.2 Å². The highest BCUT2D eigenvalue weighted by molar-refractivity contribution is 9.10. The van der Waals surface area contributed by atoms with Gasteiger partial charge in [-0.05, 0) is 30.5 Å². The van der Waals surface area contributed by atoms with Crippen LogP contribution in [0.1, 0.15) is 35.3 Å². The molecule has 1 aromatic rings. The summed E-state index contributed by atoms with van der Waals surface area (Å²) in [6.45, 7) is 3.91. The Bertz CT molecular complexity index is 361. The molecule has 0 fully saturated rings. The Morgan fingerprint density at radius 2 is 2.13 bits per heavy atom. The van der Waals surface area contributed by atoms with Crippen molar-refractivity contribution >= 4 is 33.3 Å². The number of carbonyl (C=O) groups excluding carboxylic acids is 1. The summed E-state index contributed by atoms with van der Waals surface area (Å²) in [6, 6.07) is 5.75. The van der Waals surface area contributed by atoms with Gasteiger partial charge >= 0.3 is 0 Å². The van der Waals surface area contributed by atoms with Gasteiger partial charge in [0.15, 0.2) is 5.78 Å². The maximum atomic E-state index is 11.7. The van der Waals surface area contributed by atoms with Crippen molar-refractivity contribution in [1.82, 2.24) is 0 Å². The molecule has 0 saturated heterocycles. The molecule has 0 saturated carbocycles. The van der Waals surface area contributed by atoms with Gasteiger partial charge in [0, 0.05) is 11.4 Å². The molecule has 0 heterocycles. The Morgan fingerprint density at radius 3 is 2.60 bits per heavy atom. The molecule has 0 spiro atoms. The van der Waals surface area contributed by atoms with Gasteiger partial charge in [-0.15, -0.1) is 11.6 Å². The molecule has 3 heteroatoms. The number of rotatable bonds is 4. The lowest BCUT2D eigenvalue weighted by Crippen LogP contribution is -2.10. The Kier molecular flexibility index (Phi) is 4.81. The van der Waals surface area contributed by atoms with E-state index in [1.807, 2.05) is 25.1 Å². The second kappa shape index (κ2) is 5.66. The van der Waals surface area contributed by atoms with Gasteiger partial charge in [-0.25, -0.2) is 0 Å². The molecule has 0 aromatic heterocycles. The molecule has 82 valence electrons. The first-order valence-corrected chi connectivity index (χ1v) is 6.41. The third-order valence-corrected chi connectivity index (χ3v) is 3.08. The van der Waals surface area contributed by atoms with Gasteiger partial charge in [-0.3, -0.25) is 4.79 Å². The lowest BCUT2D eigenvalue weighted by atomic mass is 10.0. The van der Waals surface area contributed by atoms with Gasteiger partial charge in [0.05, 0.1) is 4.83 Å². The predicted octanol–water partition coefficient (Wildman–Crippen LogP) is 3.95. The lowest BCUT2D eigenvalue weighted by Gasteiger charge is -2.08. The Morgan fingerprint density at radius 1 is 1.47 bits per heavy atom. The summed E-state index contributed by atoms with van der Waals surface area (Å²) in [4.78, 5) is 11.6. The molecule has 0 amide bonds. The average molecular weight is 290 g/mol. The maximum Gasteiger partial charge on any atom is 0.176 e. The standard InChI is InChI=1S/C12H14BrClO/c1-3-9-4-5-10(6-11(9)7-14)12(15)8(2)13/h4-6,8H,3,7H2,1-2H3. The van der Waals surface area contributed by atoms with Crippen LogP contribution in [0.2, 0.25) is 0 Å². The highest BCUT2D eigenvalue weighted by Crippen LogP contribution is 2.18. The van der Waals surface area contributed by atoms with E-state index in [-0.39, 0.29) is 10.6 Å². The zero-order chi connectivity index (χ0) is 11.4. The normalized spacial score (nSPS) is 12.5. The first kappa shape index (κ1) is 12.7. The van der Waals surface area contributed by atoms with Crippen molar-refractivity contribution in [3.05, 3.63) is 34.9 Å².